The van der Waals surface area contributed by atoms with Crippen LogP contribution in [0.3, 0.4) is 0 Å². The second-order valence-corrected chi connectivity index (χ2v) is 3.78. The molecule has 4 nitrogen and oxygen atoms in total. The minimum absolute atomic E-state index is 0.0949. The van der Waals surface area contributed by atoms with E-state index in [0.29, 0.717) is 4.99 Å². The molecule has 0 radical (unpaired) electrons. The van der Waals surface area contributed by atoms with E-state index in [9.17, 15) is 4.79 Å². The van der Waals surface area contributed by atoms with Gasteiger partial charge in [-0.2, -0.15) is 0 Å². The Morgan fingerprint density at radius 3 is 2.08 bits per heavy atom. The highest BCUT2D eigenvalue weighted by Gasteiger charge is 2.20. The summed E-state index contributed by atoms with van der Waals surface area (Å²) in [4.78, 5) is 13.0. The van der Waals surface area contributed by atoms with Crippen molar-refractivity contribution in [1.82, 2.24) is 4.90 Å². The van der Waals surface area contributed by atoms with Crippen LogP contribution in [0.25, 0.3) is 0 Å². The summed E-state index contributed by atoms with van der Waals surface area (Å²) in [6.45, 7) is 6.00. The second kappa shape index (κ2) is 5.14. The summed E-state index contributed by atoms with van der Waals surface area (Å²) in [7, 11) is 0. The average molecular weight is 203 g/mol. The summed E-state index contributed by atoms with van der Waals surface area (Å²) in [5.41, 5.74) is 10.6. The topological polar surface area (TPSA) is 72.3 Å². The first kappa shape index (κ1) is 12.3. The predicted octanol–water partition coefficient (Wildman–Crippen LogP) is -0.143. The highest BCUT2D eigenvalue weighted by Crippen LogP contribution is 2.04. The molecule has 0 aromatic rings. The van der Waals surface area contributed by atoms with Crippen LogP contribution in [-0.4, -0.2) is 34.4 Å². The molecule has 0 heterocycles. The molecule has 0 aromatic heterocycles. The summed E-state index contributed by atoms with van der Waals surface area (Å²) < 4.78 is 0. The molecule has 1 unspecified atom stereocenters. The van der Waals surface area contributed by atoms with Gasteiger partial charge in [-0.15, -0.1) is 0 Å². The molecule has 4 N–H and O–H groups in total. The Bertz CT molecular complexity index is 206. The third kappa shape index (κ3) is 4.19. The summed E-state index contributed by atoms with van der Waals surface area (Å²) in [5, 5.41) is 0. The molecule has 0 aliphatic carbocycles. The summed E-state index contributed by atoms with van der Waals surface area (Å²) in [6.07, 6.45) is 0. The number of nitrogens with zero attached hydrogens (tertiary/aromatic N) is 1. The van der Waals surface area contributed by atoms with Gasteiger partial charge in [0.15, 0.2) is 0 Å². The summed E-state index contributed by atoms with van der Waals surface area (Å²) >= 11 is 4.85. The van der Waals surface area contributed by atoms with Gasteiger partial charge in [0, 0.05) is 6.04 Å². The van der Waals surface area contributed by atoms with Gasteiger partial charge in [0.05, 0.1) is 17.6 Å². The molecule has 0 bridgehead atoms. The highest BCUT2D eigenvalue weighted by molar-refractivity contribution is 7.80. The molecule has 76 valence electrons. The van der Waals surface area contributed by atoms with Crippen molar-refractivity contribution in [3.8, 4) is 0 Å². The lowest BCUT2D eigenvalue weighted by Crippen LogP contribution is -2.49. The van der Waals surface area contributed by atoms with Crippen LogP contribution in [0, 0.1) is 0 Å². The summed E-state index contributed by atoms with van der Waals surface area (Å²) in [5.74, 6) is -0.364. The maximum atomic E-state index is 10.7. The van der Waals surface area contributed by atoms with Gasteiger partial charge in [0.2, 0.25) is 5.91 Å². The fourth-order valence-electron chi connectivity index (χ4n) is 1.11. The van der Waals surface area contributed by atoms with E-state index in [2.05, 4.69) is 0 Å². The molecule has 0 saturated heterocycles. The molecule has 0 rings (SSSR count). The SMILES string of the molecule is CC(C)N(CC(N)=O)C(C)C(N)=S. The van der Waals surface area contributed by atoms with Crippen molar-refractivity contribution < 1.29 is 4.79 Å². The minimum Gasteiger partial charge on any atom is -0.392 e. The Labute approximate surface area is 84.3 Å². The van der Waals surface area contributed by atoms with Crippen LogP contribution in [0.15, 0.2) is 0 Å². The summed E-state index contributed by atoms with van der Waals surface area (Å²) in [6, 6.07) is 0.103. The first-order valence-electron chi connectivity index (χ1n) is 4.19. The third-order valence-electron chi connectivity index (χ3n) is 1.91. The molecule has 5 heteroatoms. The van der Waals surface area contributed by atoms with Crippen molar-refractivity contribution in [2.75, 3.05) is 6.54 Å². The molecule has 0 saturated carbocycles. The van der Waals surface area contributed by atoms with Crippen LogP contribution in [0.4, 0.5) is 0 Å². The van der Waals surface area contributed by atoms with E-state index >= 15 is 0 Å². The number of thiocarbonyl (C=S) groups is 1. The molecule has 13 heavy (non-hydrogen) atoms. The Morgan fingerprint density at radius 1 is 1.38 bits per heavy atom. The highest BCUT2D eigenvalue weighted by atomic mass is 32.1. The van der Waals surface area contributed by atoms with Crippen LogP contribution in [0.5, 0.6) is 0 Å². The molecular formula is C8H17N3OS. The largest absolute Gasteiger partial charge is 0.392 e. The van der Waals surface area contributed by atoms with Gasteiger partial charge < -0.3 is 11.5 Å². The van der Waals surface area contributed by atoms with Gasteiger partial charge in [0.1, 0.15) is 0 Å². The molecule has 0 aliphatic heterocycles. The van der Waals surface area contributed by atoms with Gasteiger partial charge in [-0.3, -0.25) is 9.69 Å². The van der Waals surface area contributed by atoms with Crippen molar-refractivity contribution in [2.24, 2.45) is 11.5 Å². The standard InChI is InChI=1S/C8H17N3OS/c1-5(2)11(4-7(9)12)6(3)8(10)13/h5-6H,4H2,1-3H3,(H2,9,12)(H2,10,13). The lowest BCUT2D eigenvalue weighted by molar-refractivity contribution is -0.119. The van der Waals surface area contributed by atoms with E-state index in [1.807, 2.05) is 25.7 Å². The smallest absolute Gasteiger partial charge is 0.231 e. The normalized spacial score (nSPS) is 13.3. The van der Waals surface area contributed by atoms with Gasteiger partial charge in [-0.25, -0.2) is 0 Å². The Hall–Kier alpha value is -0.680. The maximum Gasteiger partial charge on any atom is 0.231 e. The molecule has 1 atom stereocenters. The third-order valence-corrected chi connectivity index (χ3v) is 2.25. The minimum atomic E-state index is -0.364. The number of rotatable bonds is 5. The van der Waals surface area contributed by atoms with Crippen molar-refractivity contribution >= 4 is 23.1 Å². The fraction of sp³-hybridized carbons (Fsp3) is 0.750. The maximum absolute atomic E-state index is 10.7. The lowest BCUT2D eigenvalue weighted by Gasteiger charge is -2.30. The van der Waals surface area contributed by atoms with Gasteiger partial charge in [-0.1, -0.05) is 12.2 Å². The Balaban J connectivity index is 4.41. The predicted molar refractivity (Wildman–Crippen MR) is 57.3 cm³/mol. The second-order valence-electron chi connectivity index (χ2n) is 3.31. The molecule has 0 aromatic carbocycles. The van der Waals surface area contributed by atoms with Crippen LogP contribution in [0.2, 0.25) is 0 Å². The first-order chi connectivity index (χ1) is 5.86. The Kier molecular flexibility index (Phi) is 4.87. The van der Waals surface area contributed by atoms with Crippen molar-refractivity contribution in [3.63, 3.8) is 0 Å². The van der Waals surface area contributed by atoms with E-state index < -0.39 is 0 Å². The number of hydrogen-bond acceptors (Lipinski definition) is 3. The van der Waals surface area contributed by atoms with E-state index in [0.717, 1.165) is 0 Å². The van der Waals surface area contributed by atoms with Crippen LogP contribution >= 0.6 is 12.2 Å². The van der Waals surface area contributed by atoms with Gasteiger partial charge in [0.25, 0.3) is 0 Å². The van der Waals surface area contributed by atoms with E-state index in [1.165, 1.54) is 0 Å². The number of primary amides is 1. The fourth-order valence-corrected chi connectivity index (χ4v) is 1.25. The van der Waals surface area contributed by atoms with Gasteiger partial charge in [-0.05, 0) is 20.8 Å². The number of carbonyl (C=O) groups excluding carboxylic acids is 1. The number of hydrogen-bond donors (Lipinski definition) is 2. The van der Waals surface area contributed by atoms with Crippen molar-refractivity contribution in [3.05, 3.63) is 0 Å². The number of amides is 1. The molecule has 1 amide bonds. The van der Waals surface area contributed by atoms with E-state index in [4.69, 9.17) is 23.7 Å². The lowest BCUT2D eigenvalue weighted by atomic mass is 10.2. The zero-order valence-corrected chi connectivity index (χ0v) is 9.10. The monoisotopic (exact) mass is 203 g/mol. The molecular weight excluding hydrogens is 186 g/mol. The molecule has 0 aliphatic rings. The van der Waals surface area contributed by atoms with Crippen molar-refractivity contribution in [2.45, 2.75) is 32.9 Å². The zero-order chi connectivity index (χ0) is 10.6. The van der Waals surface area contributed by atoms with E-state index in [-0.39, 0.29) is 24.5 Å². The Morgan fingerprint density at radius 2 is 1.85 bits per heavy atom. The van der Waals surface area contributed by atoms with Crippen LogP contribution in [0.1, 0.15) is 20.8 Å². The van der Waals surface area contributed by atoms with Crippen LogP contribution in [-0.2, 0) is 4.79 Å². The number of nitrogens with two attached hydrogens (primary N) is 2. The van der Waals surface area contributed by atoms with Crippen LogP contribution < -0.4 is 11.5 Å². The van der Waals surface area contributed by atoms with Gasteiger partial charge >= 0.3 is 0 Å². The zero-order valence-electron chi connectivity index (χ0n) is 8.28. The first-order valence-corrected chi connectivity index (χ1v) is 4.60. The number of carbonyl (C=O) groups is 1. The molecule has 0 spiro atoms. The molecule has 0 fully saturated rings. The van der Waals surface area contributed by atoms with E-state index in [1.54, 1.807) is 0 Å². The average Bonchev–Trinajstić information content (AvgIpc) is 1.97. The van der Waals surface area contributed by atoms with Crippen molar-refractivity contribution in [1.29, 1.82) is 0 Å². The quantitative estimate of drug-likeness (QED) is 0.610.